The fourth-order valence-electron chi connectivity index (χ4n) is 1.87. The van der Waals surface area contributed by atoms with E-state index >= 15 is 0 Å². The summed E-state index contributed by atoms with van der Waals surface area (Å²) in [5, 5.41) is 0. The van der Waals surface area contributed by atoms with E-state index < -0.39 is 0 Å². The lowest BCUT2D eigenvalue weighted by Gasteiger charge is -2.04. The molecule has 2 aromatic carbocycles. The van der Waals surface area contributed by atoms with E-state index in [1.807, 2.05) is 27.7 Å². The minimum atomic E-state index is 1.11. The molecule has 0 unspecified atom stereocenters. The molecular formula is C20H30. The van der Waals surface area contributed by atoms with Gasteiger partial charge in [-0.1, -0.05) is 90.1 Å². The highest BCUT2D eigenvalue weighted by atomic mass is 14.0. The van der Waals surface area contributed by atoms with Crippen LogP contribution in [0.3, 0.4) is 0 Å². The highest BCUT2D eigenvalue weighted by molar-refractivity contribution is 5.63. The fraction of sp³-hybridized carbons (Fsp3) is 0.400. The summed E-state index contributed by atoms with van der Waals surface area (Å²) >= 11 is 0. The SMILES string of the molecule is CC.CC.CCc1ccc(-c2ccc(CC)cc2)cc1. The van der Waals surface area contributed by atoms with Crippen molar-refractivity contribution in [3.63, 3.8) is 0 Å². The first-order chi connectivity index (χ1) is 9.83. The van der Waals surface area contributed by atoms with Crippen LogP contribution >= 0.6 is 0 Å². The Bertz CT molecular complexity index is 389. The lowest BCUT2D eigenvalue weighted by atomic mass is 10.0. The summed E-state index contributed by atoms with van der Waals surface area (Å²) in [6.45, 7) is 12.4. The maximum Gasteiger partial charge on any atom is -0.0184 e. The normalized spacial score (nSPS) is 8.90. The van der Waals surface area contributed by atoms with Crippen LogP contribution < -0.4 is 0 Å². The van der Waals surface area contributed by atoms with Gasteiger partial charge in [-0.2, -0.15) is 0 Å². The lowest BCUT2D eigenvalue weighted by Crippen LogP contribution is -1.83. The predicted molar refractivity (Wildman–Crippen MR) is 93.3 cm³/mol. The van der Waals surface area contributed by atoms with Crippen molar-refractivity contribution in [1.29, 1.82) is 0 Å². The van der Waals surface area contributed by atoms with Crippen molar-refractivity contribution in [2.75, 3.05) is 0 Å². The van der Waals surface area contributed by atoms with Gasteiger partial charge in [-0.15, -0.1) is 0 Å². The summed E-state index contributed by atoms with van der Waals surface area (Å²) in [6.07, 6.45) is 2.21. The molecule has 0 aromatic heterocycles. The van der Waals surface area contributed by atoms with Gasteiger partial charge in [-0.25, -0.2) is 0 Å². The molecule has 0 aliphatic heterocycles. The van der Waals surface area contributed by atoms with Crippen molar-refractivity contribution in [2.45, 2.75) is 54.4 Å². The predicted octanol–water partition coefficient (Wildman–Crippen LogP) is 6.53. The van der Waals surface area contributed by atoms with E-state index in [0.29, 0.717) is 0 Å². The minimum Gasteiger partial charge on any atom is -0.0683 e. The molecule has 0 aliphatic carbocycles. The third-order valence-corrected chi connectivity index (χ3v) is 3.06. The Kier molecular flexibility index (Phi) is 10.4. The summed E-state index contributed by atoms with van der Waals surface area (Å²) in [6, 6.07) is 17.7. The molecule has 0 amide bonds. The van der Waals surface area contributed by atoms with E-state index in [1.165, 1.54) is 22.3 Å². The van der Waals surface area contributed by atoms with E-state index in [1.54, 1.807) is 0 Å². The number of rotatable bonds is 3. The Morgan fingerprint density at radius 3 is 0.950 bits per heavy atom. The Hall–Kier alpha value is -1.56. The molecule has 0 spiro atoms. The van der Waals surface area contributed by atoms with Gasteiger partial charge in [0.2, 0.25) is 0 Å². The van der Waals surface area contributed by atoms with Crippen LogP contribution in [0.15, 0.2) is 48.5 Å². The number of hydrogen-bond donors (Lipinski definition) is 0. The Labute approximate surface area is 125 Å². The van der Waals surface area contributed by atoms with Crippen LogP contribution in [0.5, 0.6) is 0 Å². The Morgan fingerprint density at radius 1 is 0.500 bits per heavy atom. The van der Waals surface area contributed by atoms with Gasteiger partial charge in [0.1, 0.15) is 0 Å². The molecular weight excluding hydrogens is 240 g/mol. The van der Waals surface area contributed by atoms with Gasteiger partial charge >= 0.3 is 0 Å². The van der Waals surface area contributed by atoms with Gasteiger partial charge in [-0.05, 0) is 35.1 Å². The second kappa shape index (κ2) is 11.3. The van der Waals surface area contributed by atoms with Gasteiger partial charge in [0, 0.05) is 0 Å². The maximum atomic E-state index is 2.21. The van der Waals surface area contributed by atoms with E-state index in [9.17, 15) is 0 Å². The molecule has 0 radical (unpaired) electrons. The molecule has 0 heteroatoms. The smallest absolute Gasteiger partial charge is 0.0184 e. The molecule has 2 rings (SSSR count). The van der Waals surface area contributed by atoms with Gasteiger partial charge in [0.05, 0.1) is 0 Å². The van der Waals surface area contributed by atoms with Gasteiger partial charge < -0.3 is 0 Å². The van der Waals surface area contributed by atoms with Crippen molar-refractivity contribution < 1.29 is 0 Å². The van der Waals surface area contributed by atoms with Crippen LogP contribution in [-0.2, 0) is 12.8 Å². The van der Waals surface area contributed by atoms with Crippen molar-refractivity contribution in [3.8, 4) is 11.1 Å². The van der Waals surface area contributed by atoms with E-state index in [-0.39, 0.29) is 0 Å². The first-order valence-electron chi connectivity index (χ1n) is 8.01. The summed E-state index contributed by atoms with van der Waals surface area (Å²) in [5.74, 6) is 0. The third kappa shape index (κ3) is 5.61. The van der Waals surface area contributed by atoms with Crippen LogP contribution in [0, 0.1) is 0 Å². The van der Waals surface area contributed by atoms with Crippen molar-refractivity contribution >= 4 is 0 Å². The average molecular weight is 270 g/mol. The average Bonchev–Trinajstić information content (AvgIpc) is 2.59. The Balaban J connectivity index is 0.000000829. The van der Waals surface area contributed by atoms with Gasteiger partial charge in [0.15, 0.2) is 0 Å². The summed E-state index contributed by atoms with van der Waals surface area (Å²) in [4.78, 5) is 0. The lowest BCUT2D eigenvalue weighted by molar-refractivity contribution is 1.14. The Morgan fingerprint density at radius 2 is 0.750 bits per heavy atom. The molecule has 0 bridgehead atoms. The van der Waals surface area contributed by atoms with E-state index in [4.69, 9.17) is 0 Å². The zero-order valence-corrected chi connectivity index (χ0v) is 14.0. The second-order valence-corrected chi connectivity index (χ2v) is 4.10. The molecule has 110 valence electrons. The first-order valence-corrected chi connectivity index (χ1v) is 8.01. The summed E-state index contributed by atoms with van der Waals surface area (Å²) < 4.78 is 0. The minimum absolute atomic E-state index is 1.11. The largest absolute Gasteiger partial charge is 0.0683 e. The molecule has 2 aromatic rings. The number of hydrogen-bond acceptors (Lipinski definition) is 0. The third-order valence-electron chi connectivity index (χ3n) is 3.06. The van der Waals surface area contributed by atoms with Crippen LogP contribution in [0.4, 0.5) is 0 Å². The van der Waals surface area contributed by atoms with Crippen molar-refractivity contribution in [3.05, 3.63) is 59.7 Å². The number of benzene rings is 2. The summed E-state index contributed by atoms with van der Waals surface area (Å²) in [7, 11) is 0. The molecule has 0 atom stereocenters. The van der Waals surface area contributed by atoms with Crippen LogP contribution in [0.1, 0.15) is 52.7 Å². The van der Waals surface area contributed by atoms with Gasteiger partial charge in [0.25, 0.3) is 0 Å². The fourth-order valence-corrected chi connectivity index (χ4v) is 1.87. The van der Waals surface area contributed by atoms with Crippen molar-refractivity contribution in [1.82, 2.24) is 0 Å². The molecule has 20 heavy (non-hydrogen) atoms. The molecule has 0 heterocycles. The molecule has 0 aliphatic rings. The highest BCUT2D eigenvalue weighted by Crippen LogP contribution is 2.20. The highest BCUT2D eigenvalue weighted by Gasteiger charge is 1.97. The van der Waals surface area contributed by atoms with Crippen molar-refractivity contribution in [2.24, 2.45) is 0 Å². The molecule has 0 fully saturated rings. The zero-order chi connectivity index (χ0) is 15.4. The molecule has 0 N–H and O–H groups in total. The molecule has 0 saturated heterocycles. The molecule has 0 nitrogen and oxygen atoms in total. The monoisotopic (exact) mass is 270 g/mol. The quantitative estimate of drug-likeness (QED) is 0.594. The van der Waals surface area contributed by atoms with E-state index in [0.717, 1.165) is 12.8 Å². The number of aryl methyl sites for hydroxylation is 2. The standard InChI is InChI=1S/C16H18.2C2H6/c1-3-13-5-9-15(10-6-13)16-11-7-14(4-2)8-12-16;2*1-2/h5-12H,3-4H2,1-2H3;2*1-2H3. The second-order valence-electron chi connectivity index (χ2n) is 4.10. The van der Waals surface area contributed by atoms with Crippen LogP contribution in [-0.4, -0.2) is 0 Å². The van der Waals surface area contributed by atoms with Crippen LogP contribution in [0.25, 0.3) is 11.1 Å². The zero-order valence-electron chi connectivity index (χ0n) is 14.0. The summed E-state index contributed by atoms with van der Waals surface area (Å²) in [5.41, 5.74) is 5.41. The topological polar surface area (TPSA) is 0 Å². The maximum absolute atomic E-state index is 2.21. The van der Waals surface area contributed by atoms with Gasteiger partial charge in [-0.3, -0.25) is 0 Å². The van der Waals surface area contributed by atoms with E-state index in [2.05, 4.69) is 62.4 Å². The van der Waals surface area contributed by atoms with Crippen LogP contribution in [0.2, 0.25) is 0 Å². The molecule has 0 saturated carbocycles. The first kappa shape index (κ1) is 18.4.